The maximum absolute atomic E-state index is 13.1. The van der Waals surface area contributed by atoms with E-state index in [9.17, 15) is 17.6 Å². The Hall–Kier alpha value is -2.56. The Kier molecular flexibility index (Phi) is 6.73. The molecule has 2 heterocycles. The molecule has 0 amide bonds. The molecule has 0 atom stereocenters. The zero-order chi connectivity index (χ0) is 22.7. The lowest BCUT2D eigenvalue weighted by Crippen LogP contribution is -2.35. The van der Waals surface area contributed by atoms with Crippen LogP contribution in [-0.4, -0.2) is 52.1 Å². The number of rotatable bonds is 7. The van der Waals surface area contributed by atoms with Crippen LogP contribution in [0.1, 0.15) is 29.6 Å². The van der Waals surface area contributed by atoms with Crippen LogP contribution in [0.4, 0.5) is 4.39 Å². The molecule has 0 spiro atoms. The molecule has 7 nitrogen and oxygen atoms in total. The van der Waals surface area contributed by atoms with Crippen LogP contribution in [0.25, 0.3) is 11.4 Å². The Morgan fingerprint density at radius 2 is 1.66 bits per heavy atom. The molecule has 10 heteroatoms. The van der Waals surface area contributed by atoms with Crippen molar-refractivity contribution in [1.29, 1.82) is 0 Å². The number of benzene rings is 2. The zero-order valence-corrected chi connectivity index (χ0v) is 19.2. The summed E-state index contributed by atoms with van der Waals surface area (Å²) < 4.78 is 41.9. The van der Waals surface area contributed by atoms with Crippen molar-refractivity contribution in [1.82, 2.24) is 19.1 Å². The van der Waals surface area contributed by atoms with E-state index in [1.807, 2.05) is 0 Å². The van der Waals surface area contributed by atoms with Crippen molar-refractivity contribution in [3.63, 3.8) is 0 Å². The molecule has 0 unspecified atom stereocenters. The highest BCUT2D eigenvalue weighted by atomic mass is 32.2. The first-order valence-corrected chi connectivity index (χ1v) is 12.7. The third kappa shape index (κ3) is 4.77. The van der Waals surface area contributed by atoms with Crippen molar-refractivity contribution in [2.45, 2.75) is 29.3 Å². The van der Waals surface area contributed by atoms with E-state index in [-0.39, 0.29) is 22.2 Å². The van der Waals surface area contributed by atoms with Crippen LogP contribution < -0.4 is 0 Å². The molecular formula is C22H23FN4O3S2. The number of ketones is 1. The van der Waals surface area contributed by atoms with Gasteiger partial charge in [0.2, 0.25) is 10.0 Å². The standard InChI is InChI=1S/C22H23FN4O3S2/c1-26-21(17-5-9-18(23)10-6-17)24-25-22(26)31-15-20(28)16-7-11-19(12-8-16)32(29,30)27-13-3-2-4-14-27/h5-12H,2-4,13-15H2,1H3. The van der Waals surface area contributed by atoms with E-state index in [1.165, 1.54) is 40.3 Å². The fourth-order valence-electron chi connectivity index (χ4n) is 3.57. The molecule has 0 radical (unpaired) electrons. The van der Waals surface area contributed by atoms with Gasteiger partial charge in [-0.25, -0.2) is 12.8 Å². The van der Waals surface area contributed by atoms with Crippen molar-refractivity contribution < 1.29 is 17.6 Å². The molecule has 0 saturated carbocycles. The minimum Gasteiger partial charge on any atom is -0.305 e. The summed E-state index contributed by atoms with van der Waals surface area (Å²) in [5.74, 6) is 0.245. The molecular weight excluding hydrogens is 451 g/mol. The first-order valence-electron chi connectivity index (χ1n) is 10.3. The minimum absolute atomic E-state index is 0.133. The number of sulfonamides is 1. The smallest absolute Gasteiger partial charge is 0.243 e. The Labute approximate surface area is 190 Å². The third-order valence-corrected chi connectivity index (χ3v) is 8.33. The summed E-state index contributed by atoms with van der Waals surface area (Å²) in [6, 6.07) is 12.1. The lowest BCUT2D eigenvalue weighted by Gasteiger charge is -2.25. The Balaban J connectivity index is 1.41. The van der Waals surface area contributed by atoms with E-state index >= 15 is 0 Å². The highest BCUT2D eigenvalue weighted by molar-refractivity contribution is 7.99. The van der Waals surface area contributed by atoms with E-state index < -0.39 is 10.0 Å². The fraction of sp³-hybridized carbons (Fsp3) is 0.318. The molecule has 3 aromatic rings. The van der Waals surface area contributed by atoms with Crippen LogP contribution in [0.15, 0.2) is 58.6 Å². The molecule has 1 aromatic heterocycles. The predicted molar refractivity (Wildman–Crippen MR) is 121 cm³/mol. The predicted octanol–water partition coefficient (Wildman–Crippen LogP) is 3.77. The van der Waals surface area contributed by atoms with Gasteiger partial charge in [0.25, 0.3) is 0 Å². The lowest BCUT2D eigenvalue weighted by atomic mass is 10.1. The second-order valence-corrected chi connectivity index (χ2v) is 10.5. The number of carbonyl (C=O) groups is 1. The Morgan fingerprint density at radius 1 is 1.00 bits per heavy atom. The van der Waals surface area contributed by atoms with Gasteiger partial charge in [-0.1, -0.05) is 30.3 Å². The van der Waals surface area contributed by atoms with Crippen molar-refractivity contribution in [2.24, 2.45) is 7.05 Å². The first-order chi connectivity index (χ1) is 15.4. The van der Waals surface area contributed by atoms with Gasteiger partial charge in [0.05, 0.1) is 10.6 Å². The van der Waals surface area contributed by atoms with Gasteiger partial charge in [-0.2, -0.15) is 4.31 Å². The van der Waals surface area contributed by atoms with Crippen LogP contribution in [0, 0.1) is 5.82 Å². The number of carbonyl (C=O) groups excluding carboxylic acids is 1. The number of thioether (sulfide) groups is 1. The van der Waals surface area contributed by atoms with Crippen LogP contribution >= 0.6 is 11.8 Å². The number of piperidine rings is 1. The lowest BCUT2D eigenvalue weighted by molar-refractivity contribution is 0.102. The van der Waals surface area contributed by atoms with E-state index in [1.54, 1.807) is 35.9 Å². The van der Waals surface area contributed by atoms with Gasteiger partial charge in [-0.3, -0.25) is 4.79 Å². The van der Waals surface area contributed by atoms with Crippen molar-refractivity contribution in [3.05, 3.63) is 59.9 Å². The van der Waals surface area contributed by atoms with Crippen LogP contribution in [0.2, 0.25) is 0 Å². The van der Waals surface area contributed by atoms with Crippen molar-refractivity contribution >= 4 is 27.6 Å². The summed E-state index contributed by atoms with van der Waals surface area (Å²) in [7, 11) is -1.74. The molecule has 1 saturated heterocycles. The van der Waals surface area contributed by atoms with Crippen molar-refractivity contribution in [2.75, 3.05) is 18.8 Å². The minimum atomic E-state index is -3.52. The summed E-state index contributed by atoms with van der Waals surface area (Å²) in [6.45, 7) is 1.08. The van der Waals surface area contributed by atoms with Gasteiger partial charge in [0.1, 0.15) is 5.82 Å². The number of halogens is 1. The van der Waals surface area contributed by atoms with Crippen LogP contribution in [-0.2, 0) is 17.1 Å². The van der Waals surface area contributed by atoms with Gasteiger partial charge in [-0.15, -0.1) is 10.2 Å². The average Bonchev–Trinajstić information content (AvgIpc) is 3.19. The summed E-state index contributed by atoms with van der Waals surface area (Å²) in [6.07, 6.45) is 2.80. The molecule has 0 bridgehead atoms. The van der Waals surface area contributed by atoms with Gasteiger partial charge in [0, 0.05) is 31.3 Å². The van der Waals surface area contributed by atoms with E-state index in [0.29, 0.717) is 29.6 Å². The third-order valence-electron chi connectivity index (χ3n) is 5.40. The molecule has 4 rings (SSSR count). The summed E-state index contributed by atoms with van der Waals surface area (Å²) in [4.78, 5) is 12.8. The second-order valence-electron chi connectivity index (χ2n) is 7.57. The monoisotopic (exact) mass is 474 g/mol. The largest absolute Gasteiger partial charge is 0.305 e. The maximum atomic E-state index is 13.1. The number of hydrogen-bond donors (Lipinski definition) is 0. The maximum Gasteiger partial charge on any atom is 0.243 e. The Bertz CT molecular complexity index is 1200. The zero-order valence-electron chi connectivity index (χ0n) is 17.6. The fourth-order valence-corrected chi connectivity index (χ4v) is 5.89. The topological polar surface area (TPSA) is 85.2 Å². The molecule has 1 fully saturated rings. The number of Topliss-reactive ketones (excluding diaryl/α,β-unsaturated/α-hetero) is 1. The van der Waals surface area contributed by atoms with Gasteiger partial charge in [-0.05, 0) is 49.2 Å². The van der Waals surface area contributed by atoms with Gasteiger partial charge < -0.3 is 4.57 Å². The van der Waals surface area contributed by atoms with E-state index in [4.69, 9.17) is 0 Å². The Morgan fingerprint density at radius 3 is 2.31 bits per heavy atom. The van der Waals surface area contributed by atoms with Crippen LogP contribution in [0.3, 0.4) is 0 Å². The highest BCUT2D eigenvalue weighted by Crippen LogP contribution is 2.24. The van der Waals surface area contributed by atoms with E-state index in [0.717, 1.165) is 24.8 Å². The quantitative estimate of drug-likeness (QED) is 0.383. The van der Waals surface area contributed by atoms with Crippen molar-refractivity contribution in [3.8, 4) is 11.4 Å². The molecule has 168 valence electrons. The van der Waals surface area contributed by atoms with Crippen LogP contribution in [0.5, 0.6) is 0 Å². The summed E-state index contributed by atoms with van der Waals surface area (Å²) >= 11 is 1.24. The molecule has 32 heavy (non-hydrogen) atoms. The average molecular weight is 475 g/mol. The van der Waals surface area contributed by atoms with Gasteiger partial charge >= 0.3 is 0 Å². The number of aromatic nitrogens is 3. The second kappa shape index (κ2) is 9.51. The SMILES string of the molecule is Cn1c(SCC(=O)c2ccc(S(=O)(=O)N3CCCCC3)cc2)nnc1-c1ccc(F)cc1. The van der Waals surface area contributed by atoms with Gasteiger partial charge in [0.15, 0.2) is 16.8 Å². The molecule has 0 N–H and O–H groups in total. The molecule has 1 aliphatic rings. The first kappa shape index (κ1) is 22.6. The summed E-state index contributed by atoms with van der Waals surface area (Å²) in [5, 5.41) is 8.82. The van der Waals surface area contributed by atoms with E-state index in [2.05, 4.69) is 10.2 Å². The molecule has 2 aromatic carbocycles. The summed E-state index contributed by atoms with van der Waals surface area (Å²) in [5.41, 5.74) is 1.17. The number of nitrogens with zero attached hydrogens (tertiary/aromatic N) is 4. The molecule has 0 aliphatic carbocycles. The highest BCUT2D eigenvalue weighted by Gasteiger charge is 2.26. The normalized spacial score (nSPS) is 15.1. The number of hydrogen-bond acceptors (Lipinski definition) is 6. The molecule has 1 aliphatic heterocycles.